The highest BCUT2D eigenvalue weighted by Crippen LogP contribution is 2.24. The van der Waals surface area contributed by atoms with Crippen molar-refractivity contribution in [1.82, 2.24) is 15.2 Å². The van der Waals surface area contributed by atoms with Crippen LogP contribution in [0.15, 0.2) is 18.2 Å². The molecule has 0 bridgehead atoms. The van der Waals surface area contributed by atoms with Crippen LogP contribution in [0, 0.1) is 0 Å². The number of nitrogens with one attached hydrogen (secondary N) is 1. The van der Waals surface area contributed by atoms with Crippen LogP contribution in [0.5, 0.6) is 0 Å². The summed E-state index contributed by atoms with van der Waals surface area (Å²) in [7, 11) is 2.11. The lowest BCUT2D eigenvalue weighted by atomic mass is 10.0. The number of piperidine rings is 1. The fourth-order valence-electron chi connectivity index (χ4n) is 2.51. The number of nitrogen functional groups attached to an aromatic ring is 1. The molecule has 20 heavy (non-hydrogen) atoms. The molecule has 106 valence electrons. The lowest BCUT2D eigenvalue weighted by Gasteiger charge is -2.29. The van der Waals surface area contributed by atoms with Gasteiger partial charge in [0.05, 0.1) is 10.2 Å². The van der Waals surface area contributed by atoms with Crippen LogP contribution in [0.4, 0.5) is 5.13 Å². The average molecular weight is 290 g/mol. The number of benzene rings is 1. The number of thiazole rings is 1. The number of hydrogen-bond acceptors (Lipinski definition) is 5. The minimum atomic E-state index is -0.00609. The molecule has 6 heteroatoms. The third-order valence-electron chi connectivity index (χ3n) is 3.72. The Morgan fingerprint density at radius 2 is 2.20 bits per heavy atom. The highest BCUT2D eigenvalue weighted by atomic mass is 32.1. The number of anilines is 1. The molecule has 1 fully saturated rings. The number of likely N-dealkylation sites (tertiary alicyclic amines) is 1. The molecule has 0 aliphatic carbocycles. The van der Waals surface area contributed by atoms with E-state index in [1.165, 1.54) is 11.3 Å². The maximum absolute atomic E-state index is 12.3. The Morgan fingerprint density at radius 1 is 1.45 bits per heavy atom. The lowest BCUT2D eigenvalue weighted by Crippen LogP contribution is -2.43. The summed E-state index contributed by atoms with van der Waals surface area (Å²) in [6, 6.07) is 5.81. The van der Waals surface area contributed by atoms with Crippen molar-refractivity contribution in [2.75, 3.05) is 25.9 Å². The summed E-state index contributed by atoms with van der Waals surface area (Å²) in [5, 5.41) is 3.65. The molecule has 2 aromatic rings. The number of nitrogens with two attached hydrogens (primary N) is 1. The number of hydrogen-bond donors (Lipinski definition) is 2. The van der Waals surface area contributed by atoms with Gasteiger partial charge in [-0.15, -0.1) is 0 Å². The quantitative estimate of drug-likeness (QED) is 0.883. The van der Waals surface area contributed by atoms with Gasteiger partial charge >= 0.3 is 0 Å². The minimum Gasteiger partial charge on any atom is -0.375 e. The third-order valence-corrected chi connectivity index (χ3v) is 4.57. The second-order valence-electron chi connectivity index (χ2n) is 5.29. The second kappa shape index (κ2) is 5.38. The van der Waals surface area contributed by atoms with Crippen molar-refractivity contribution in [2.24, 2.45) is 0 Å². The Bertz CT molecular complexity index is 631. The molecule has 3 rings (SSSR count). The summed E-state index contributed by atoms with van der Waals surface area (Å²) < 4.78 is 0.957. The smallest absolute Gasteiger partial charge is 0.251 e. The molecule has 0 spiro atoms. The van der Waals surface area contributed by atoms with Crippen molar-refractivity contribution in [3.05, 3.63) is 23.8 Å². The van der Waals surface area contributed by atoms with Crippen LogP contribution >= 0.6 is 11.3 Å². The predicted octanol–water partition coefficient (Wildman–Crippen LogP) is 1.70. The standard InChI is InChI=1S/C14H18N4OS/c1-18-6-4-10(5-7-18)16-13(19)9-2-3-11-12(8-9)20-14(15)17-11/h2-3,8,10H,4-7H2,1H3,(H2,15,17)(H,16,19). The van der Waals surface area contributed by atoms with Gasteiger partial charge in [0.2, 0.25) is 0 Å². The monoisotopic (exact) mass is 290 g/mol. The van der Waals surface area contributed by atoms with Crippen molar-refractivity contribution in [1.29, 1.82) is 0 Å². The second-order valence-corrected chi connectivity index (χ2v) is 6.35. The first-order chi connectivity index (χ1) is 9.61. The van der Waals surface area contributed by atoms with Gasteiger partial charge in [0.25, 0.3) is 5.91 Å². The topological polar surface area (TPSA) is 71.2 Å². The van der Waals surface area contributed by atoms with Crippen LogP contribution < -0.4 is 11.1 Å². The summed E-state index contributed by atoms with van der Waals surface area (Å²) in [5.41, 5.74) is 7.21. The van der Waals surface area contributed by atoms with E-state index in [1.807, 2.05) is 18.2 Å². The van der Waals surface area contributed by atoms with Crippen molar-refractivity contribution in [3.63, 3.8) is 0 Å². The Kier molecular flexibility index (Phi) is 3.58. The van der Waals surface area contributed by atoms with Gasteiger partial charge in [0.1, 0.15) is 0 Å². The molecule has 0 atom stereocenters. The predicted molar refractivity (Wildman–Crippen MR) is 82.0 cm³/mol. The van der Waals surface area contributed by atoms with E-state index in [2.05, 4.69) is 22.2 Å². The number of amides is 1. The lowest BCUT2D eigenvalue weighted by molar-refractivity contribution is 0.0917. The largest absolute Gasteiger partial charge is 0.375 e. The van der Waals surface area contributed by atoms with Crippen LogP contribution in [0.25, 0.3) is 10.2 Å². The normalized spacial score (nSPS) is 17.4. The summed E-state index contributed by atoms with van der Waals surface area (Å²) in [6.07, 6.45) is 2.02. The van der Waals surface area contributed by atoms with Gasteiger partial charge in [-0.25, -0.2) is 4.98 Å². The molecule has 3 N–H and O–H groups in total. The van der Waals surface area contributed by atoms with E-state index in [9.17, 15) is 4.79 Å². The maximum atomic E-state index is 12.3. The van der Waals surface area contributed by atoms with Crippen LogP contribution in [0.1, 0.15) is 23.2 Å². The minimum absolute atomic E-state index is 0.00609. The van der Waals surface area contributed by atoms with Crippen molar-refractivity contribution >= 4 is 32.6 Å². The van der Waals surface area contributed by atoms with Crippen LogP contribution in [0.2, 0.25) is 0 Å². The van der Waals surface area contributed by atoms with Gasteiger partial charge in [0.15, 0.2) is 5.13 Å². The highest BCUT2D eigenvalue weighted by molar-refractivity contribution is 7.22. The number of carbonyl (C=O) groups is 1. The molecule has 0 radical (unpaired) electrons. The van der Waals surface area contributed by atoms with Crippen molar-refractivity contribution in [3.8, 4) is 0 Å². The average Bonchev–Trinajstić information content (AvgIpc) is 2.80. The number of rotatable bonds is 2. The number of carbonyl (C=O) groups excluding carboxylic acids is 1. The molecule has 0 saturated carbocycles. The van der Waals surface area contributed by atoms with E-state index in [0.29, 0.717) is 10.7 Å². The summed E-state index contributed by atoms with van der Waals surface area (Å²) in [5.74, 6) is -0.00609. The zero-order valence-electron chi connectivity index (χ0n) is 11.4. The molecule has 1 aliphatic rings. The Balaban J connectivity index is 1.71. The van der Waals surface area contributed by atoms with Gasteiger partial charge < -0.3 is 16.0 Å². The van der Waals surface area contributed by atoms with E-state index in [1.54, 1.807) is 0 Å². The van der Waals surface area contributed by atoms with E-state index >= 15 is 0 Å². The van der Waals surface area contributed by atoms with Crippen molar-refractivity contribution in [2.45, 2.75) is 18.9 Å². The van der Waals surface area contributed by atoms with E-state index < -0.39 is 0 Å². The first-order valence-corrected chi connectivity index (χ1v) is 7.59. The van der Waals surface area contributed by atoms with E-state index in [0.717, 1.165) is 36.1 Å². The molecule has 1 aromatic carbocycles. The van der Waals surface area contributed by atoms with Crippen LogP contribution in [-0.2, 0) is 0 Å². The molecule has 5 nitrogen and oxygen atoms in total. The first kappa shape index (κ1) is 13.3. The van der Waals surface area contributed by atoms with Crippen molar-refractivity contribution < 1.29 is 4.79 Å². The fourth-order valence-corrected chi connectivity index (χ4v) is 3.28. The number of nitrogens with zero attached hydrogens (tertiary/aromatic N) is 2. The number of aromatic nitrogens is 1. The molecule has 0 unspecified atom stereocenters. The Hall–Kier alpha value is -1.66. The molecular weight excluding hydrogens is 272 g/mol. The van der Waals surface area contributed by atoms with Gasteiger partial charge in [-0.05, 0) is 51.2 Å². The summed E-state index contributed by atoms with van der Waals surface area (Å²) in [6.45, 7) is 2.07. The van der Waals surface area contributed by atoms with Gasteiger partial charge in [-0.1, -0.05) is 11.3 Å². The Morgan fingerprint density at radius 3 is 2.95 bits per heavy atom. The van der Waals surface area contributed by atoms with Gasteiger partial charge in [0, 0.05) is 11.6 Å². The molecule has 1 aromatic heterocycles. The fraction of sp³-hybridized carbons (Fsp3) is 0.429. The van der Waals surface area contributed by atoms with Gasteiger partial charge in [-0.3, -0.25) is 4.79 Å². The molecule has 1 amide bonds. The summed E-state index contributed by atoms with van der Waals surface area (Å²) >= 11 is 1.41. The van der Waals surface area contributed by atoms with Crippen LogP contribution in [0.3, 0.4) is 0 Å². The molecule has 1 aliphatic heterocycles. The van der Waals surface area contributed by atoms with E-state index in [-0.39, 0.29) is 11.9 Å². The zero-order valence-corrected chi connectivity index (χ0v) is 12.2. The summed E-state index contributed by atoms with van der Waals surface area (Å²) in [4.78, 5) is 18.8. The molecule has 2 heterocycles. The zero-order chi connectivity index (χ0) is 14.1. The highest BCUT2D eigenvalue weighted by Gasteiger charge is 2.19. The maximum Gasteiger partial charge on any atom is 0.251 e. The number of fused-ring (bicyclic) bond motifs is 1. The Labute approximate surface area is 121 Å². The van der Waals surface area contributed by atoms with Crippen LogP contribution in [-0.4, -0.2) is 42.0 Å². The molecular formula is C14H18N4OS. The van der Waals surface area contributed by atoms with Gasteiger partial charge in [-0.2, -0.15) is 0 Å². The third kappa shape index (κ3) is 2.76. The SMILES string of the molecule is CN1CCC(NC(=O)c2ccc3nc(N)sc3c2)CC1. The first-order valence-electron chi connectivity index (χ1n) is 6.77. The molecule has 1 saturated heterocycles. The van der Waals surface area contributed by atoms with E-state index in [4.69, 9.17) is 5.73 Å².